The minimum Gasteiger partial charge on any atom is -0.481 e. The molecule has 2 N–H and O–H groups in total. The molecule has 0 saturated heterocycles. The number of rotatable bonds is 3. The first-order valence-electron chi connectivity index (χ1n) is 4.87. The number of benzene rings is 1. The maximum absolute atomic E-state index is 11.6. The van der Waals surface area contributed by atoms with Crippen molar-refractivity contribution in [1.82, 2.24) is 0 Å². The zero-order chi connectivity index (χ0) is 11.7. The van der Waals surface area contributed by atoms with Crippen LogP contribution < -0.4 is 5.32 Å². The molecule has 0 aromatic heterocycles. The number of anilines is 1. The van der Waals surface area contributed by atoms with Gasteiger partial charge in [-0.1, -0.05) is 11.6 Å². The quantitative estimate of drug-likeness (QED) is 0.848. The molecule has 4 nitrogen and oxygen atoms in total. The molecular weight excluding hydrogens is 230 g/mol. The normalized spacial score (nSPS) is 22.6. The van der Waals surface area contributed by atoms with E-state index in [-0.39, 0.29) is 5.91 Å². The van der Waals surface area contributed by atoms with Gasteiger partial charge in [-0.3, -0.25) is 9.59 Å². The van der Waals surface area contributed by atoms with Crippen molar-refractivity contribution < 1.29 is 14.7 Å². The van der Waals surface area contributed by atoms with Gasteiger partial charge in [0.1, 0.15) is 0 Å². The Labute approximate surface area is 97.2 Å². The molecule has 1 aliphatic rings. The van der Waals surface area contributed by atoms with Crippen LogP contribution in [0.15, 0.2) is 24.3 Å². The standard InChI is InChI=1S/C11H10ClNO3/c12-6-1-3-7(4-2-6)13-10(14)8-5-9(8)11(15)16/h1-4,8-9H,5H2,(H,13,14)(H,15,16)/t8-,9+/m1/s1. The van der Waals surface area contributed by atoms with E-state index < -0.39 is 17.8 Å². The Morgan fingerprint density at radius 3 is 2.38 bits per heavy atom. The van der Waals surface area contributed by atoms with Gasteiger partial charge in [-0.05, 0) is 30.7 Å². The molecule has 0 aliphatic heterocycles. The lowest BCUT2D eigenvalue weighted by Gasteiger charge is -2.03. The number of hydrogen-bond donors (Lipinski definition) is 2. The topological polar surface area (TPSA) is 66.4 Å². The predicted octanol–water partition coefficient (Wildman–Crippen LogP) is 2.00. The second-order valence-electron chi connectivity index (χ2n) is 3.78. The highest BCUT2D eigenvalue weighted by atomic mass is 35.5. The predicted molar refractivity (Wildman–Crippen MR) is 59.3 cm³/mol. The molecule has 0 heterocycles. The summed E-state index contributed by atoms with van der Waals surface area (Å²) in [7, 11) is 0. The lowest BCUT2D eigenvalue weighted by molar-refractivity contribution is -0.139. The molecule has 2 atom stereocenters. The first-order chi connectivity index (χ1) is 7.58. The number of halogens is 1. The maximum Gasteiger partial charge on any atom is 0.307 e. The van der Waals surface area contributed by atoms with Crippen molar-refractivity contribution in [3.05, 3.63) is 29.3 Å². The highest BCUT2D eigenvalue weighted by Crippen LogP contribution is 2.39. The number of carbonyl (C=O) groups is 2. The van der Waals surface area contributed by atoms with Crippen molar-refractivity contribution in [2.45, 2.75) is 6.42 Å². The average molecular weight is 240 g/mol. The van der Waals surface area contributed by atoms with E-state index in [2.05, 4.69) is 5.32 Å². The van der Waals surface area contributed by atoms with E-state index in [0.29, 0.717) is 17.1 Å². The van der Waals surface area contributed by atoms with Crippen LogP contribution >= 0.6 is 11.6 Å². The summed E-state index contributed by atoms with van der Waals surface area (Å²) in [5.74, 6) is -2.06. The molecular formula is C11H10ClNO3. The highest BCUT2D eigenvalue weighted by molar-refractivity contribution is 6.30. The van der Waals surface area contributed by atoms with E-state index in [1.807, 2.05) is 0 Å². The molecule has 1 amide bonds. The van der Waals surface area contributed by atoms with Crippen LogP contribution in [0.3, 0.4) is 0 Å². The van der Waals surface area contributed by atoms with E-state index in [1.165, 1.54) is 0 Å². The monoisotopic (exact) mass is 239 g/mol. The summed E-state index contributed by atoms with van der Waals surface area (Å²) in [6, 6.07) is 6.69. The number of hydrogen-bond acceptors (Lipinski definition) is 2. The van der Waals surface area contributed by atoms with Gasteiger partial charge in [0.2, 0.25) is 5.91 Å². The van der Waals surface area contributed by atoms with Gasteiger partial charge < -0.3 is 10.4 Å². The zero-order valence-corrected chi connectivity index (χ0v) is 9.07. The van der Waals surface area contributed by atoms with Gasteiger partial charge in [0.15, 0.2) is 0 Å². The number of aliphatic carboxylic acids is 1. The SMILES string of the molecule is O=C(O)[C@H]1C[C@H]1C(=O)Nc1ccc(Cl)cc1. The number of nitrogens with one attached hydrogen (secondary N) is 1. The first-order valence-corrected chi connectivity index (χ1v) is 5.25. The third-order valence-electron chi connectivity index (χ3n) is 2.56. The average Bonchev–Trinajstić information content (AvgIpc) is 3.01. The van der Waals surface area contributed by atoms with Crippen molar-refractivity contribution in [2.75, 3.05) is 5.32 Å². The summed E-state index contributed by atoms with van der Waals surface area (Å²) in [6.45, 7) is 0. The van der Waals surface area contributed by atoms with E-state index >= 15 is 0 Å². The molecule has 1 aromatic carbocycles. The van der Waals surface area contributed by atoms with E-state index in [9.17, 15) is 9.59 Å². The molecule has 1 aliphatic carbocycles. The van der Waals surface area contributed by atoms with E-state index in [0.717, 1.165) is 0 Å². The number of carboxylic acids is 1. The van der Waals surface area contributed by atoms with Crippen molar-refractivity contribution in [3.8, 4) is 0 Å². The van der Waals surface area contributed by atoms with Gasteiger partial charge in [-0.15, -0.1) is 0 Å². The van der Waals surface area contributed by atoms with Crippen LogP contribution in [0, 0.1) is 11.8 Å². The first kappa shape index (κ1) is 11.0. The van der Waals surface area contributed by atoms with Crippen LogP contribution in [0.5, 0.6) is 0 Å². The van der Waals surface area contributed by atoms with Gasteiger partial charge >= 0.3 is 5.97 Å². The van der Waals surface area contributed by atoms with Crippen LogP contribution in [0.1, 0.15) is 6.42 Å². The third-order valence-corrected chi connectivity index (χ3v) is 2.81. The summed E-state index contributed by atoms with van der Waals surface area (Å²) in [6.07, 6.45) is 0.425. The Bertz CT molecular complexity index is 429. The molecule has 0 spiro atoms. The second-order valence-corrected chi connectivity index (χ2v) is 4.22. The van der Waals surface area contributed by atoms with Gasteiger partial charge in [0.05, 0.1) is 11.8 Å². The van der Waals surface area contributed by atoms with E-state index in [4.69, 9.17) is 16.7 Å². The number of carboxylic acid groups (broad SMARTS) is 1. The Balaban J connectivity index is 1.94. The number of carbonyl (C=O) groups excluding carboxylic acids is 1. The smallest absolute Gasteiger partial charge is 0.307 e. The molecule has 0 unspecified atom stereocenters. The minimum absolute atomic E-state index is 0.241. The van der Waals surface area contributed by atoms with Crippen LogP contribution in [0.4, 0.5) is 5.69 Å². The Morgan fingerprint density at radius 1 is 1.25 bits per heavy atom. The molecule has 84 valence electrons. The van der Waals surface area contributed by atoms with Crippen molar-refractivity contribution >= 4 is 29.2 Å². The fraction of sp³-hybridized carbons (Fsp3) is 0.273. The summed E-state index contributed by atoms with van der Waals surface area (Å²) in [5, 5.41) is 11.9. The molecule has 5 heteroatoms. The highest BCUT2D eigenvalue weighted by Gasteiger charge is 2.48. The van der Waals surface area contributed by atoms with E-state index in [1.54, 1.807) is 24.3 Å². The zero-order valence-electron chi connectivity index (χ0n) is 8.31. The number of amides is 1. The van der Waals surface area contributed by atoms with Gasteiger partial charge in [0.25, 0.3) is 0 Å². The summed E-state index contributed by atoms with van der Waals surface area (Å²) >= 11 is 5.70. The van der Waals surface area contributed by atoms with Crippen LogP contribution in [-0.4, -0.2) is 17.0 Å². The largest absolute Gasteiger partial charge is 0.481 e. The van der Waals surface area contributed by atoms with Gasteiger partial charge in [0, 0.05) is 10.7 Å². The third kappa shape index (κ3) is 2.33. The Morgan fingerprint density at radius 2 is 1.88 bits per heavy atom. The van der Waals surface area contributed by atoms with Crippen molar-refractivity contribution in [1.29, 1.82) is 0 Å². The lowest BCUT2D eigenvalue weighted by Crippen LogP contribution is -2.16. The molecule has 1 saturated carbocycles. The van der Waals surface area contributed by atoms with Crippen LogP contribution in [0.2, 0.25) is 5.02 Å². The minimum atomic E-state index is -0.906. The molecule has 0 bridgehead atoms. The lowest BCUT2D eigenvalue weighted by atomic mass is 10.2. The molecule has 16 heavy (non-hydrogen) atoms. The Kier molecular flexibility index (Phi) is 2.83. The molecule has 0 radical (unpaired) electrons. The van der Waals surface area contributed by atoms with Crippen LogP contribution in [0.25, 0.3) is 0 Å². The molecule has 1 fully saturated rings. The molecule has 2 rings (SSSR count). The molecule has 1 aromatic rings. The maximum atomic E-state index is 11.6. The van der Waals surface area contributed by atoms with Gasteiger partial charge in [-0.25, -0.2) is 0 Å². The van der Waals surface area contributed by atoms with Crippen molar-refractivity contribution in [2.24, 2.45) is 11.8 Å². The summed E-state index contributed by atoms with van der Waals surface area (Å²) < 4.78 is 0. The van der Waals surface area contributed by atoms with Gasteiger partial charge in [-0.2, -0.15) is 0 Å². The fourth-order valence-electron chi connectivity index (χ4n) is 1.53. The fourth-order valence-corrected chi connectivity index (χ4v) is 1.65. The summed E-state index contributed by atoms with van der Waals surface area (Å²) in [4.78, 5) is 22.1. The Hall–Kier alpha value is -1.55. The van der Waals surface area contributed by atoms with Crippen LogP contribution in [-0.2, 0) is 9.59 Å². The summed E-state index contributed by atoms with van der Waals surface area (Å²) in [5.41, 5.74) is 0.630. The van der Waals surface area contributed by atoms with Crippen molar-refractivity contribution in [3.63, 3.8) is 0 Å². The second kappa shape index (κ2) is 4.14.